The van der Waals surface area contributed by atoms with Gasteiger partial charge in [0.2, 0.25) is 0 Å². The van der Waals surface area contributed by atoms with Gasteiger partial charge in [0.05, 0.1) is 0 Å². The van der Waals surface area contributed by atoms with Gasteiger partial charge in [-0.25, -0.2) is 4.99 Å². The first-order valence-corrected chi connectivity index (χ1v) is 3.78. The SMILES string of the molecule is C1=NC2=C(CC1)CC[NH+]=C2. The Morgan fingerprint density at radius 2 is 2.40 bits per heavy atom. The summed E-state index contributed by atoms with van der Waals surface area (Å²) in [6, 6.07) is 0. The first-order chi connectivity index (χ1) is 4.97. The van der Waals surface area contributed by atoms with Gasteiger partial charge in [0.1, 0.15) is 12.2 Å². The number of allylic oxidation sites excluding steroid dienone is 1. The molecule has 2 nitrogen and oxygen atoms in total. The van der Waals surface area contributed by atoms with E-state index in [4.69, 9.17) is 0 Å². The molecule has 1 N–H and O–H groups in total. The van der Waals surface area contributed by atoms with Crippen molar-refractivity contribution in [1.82, 2.24) is 0 Å². The van der Waals surface area contributed by atoms with Crippen LogP contribution in [0.4, 0.5) is 0 Å². The van der Waals surface area contributed by atoms with Crippen LogP contribution in [0.3, 0.4) is 0 Å². The molecule has 0 spiro atoms. The van der Waals surface area contributed by atoms with E-state index < -0.39 is 0 Å². The number of hydrogen-bond donors (Lipinski definition) is 1. The van der Waals surface area contributed by atoms with Gasteiger partial charge in [-0.05, 0) is 18.4 Å². The Morgan fingerprint density at radius 3 is 3.30 bits per heavy atom. The molecule has 2 heterocycles. The minimum atomic E-state index is 1.09. The van der Waals surface area contributed by atoms with Crippen molar-refractivity contribution in [3.05, 3.63) is 11.3 Å². The van der Waals surface area contributed by atoms with Crippen LogP contribution in [0.15, 0.2) is 16.3 Å². The molecule has 0 atom stereocenters. The van der Waals surface area contributed by atoms with E-state index in [1.165, 1.54) is 24.1 Å². The van der Waals surface area contributed by atoms with Crippen molar-refractivity contribution in [2.24, 2.45) is 4.99 Å². The first-order valence-electron chi connectivity index (χ1n) is 3.78. The lowest BCUT2D eigenvalue weighted by molar-refractivity contribution is -0.452. The molecule has 0 aliphatic carbocycles. The van der Waals surface area contributed by atoms with Gasteiger partial charge >= 0.3 is 0 Å². The maximum atomic E-state index is 4.29. The van der Waals surface area contributed by atoms with Crippen LogP contribution < -0.4 is 4.99 Å². The van der Waals surface area contributed by atoms with Gasteiger partial charge in [-0.15, -0.1) is 0 Å². The predicted octanol–water partition coefficient (Wildman–Crippen LogP) is -0.340. The molecule has 52 valence electrons. The summed E-state index contributed by atoms with van der Waals surface area (Å²) in [5.74, 6) is 0. The molecule has 2 heteroatoms. The van der Waals surface area contributed by atoms with Crippen molar-refractivity contribution in [1.29, 1.82) is 0 Å². The van der Waals surface area contributed by atoms with Gasteiger partial charge in [-0.2, -0.15) is 0 Å². The molecule has 10 heavy (non-hydrogen) atoms. The van der Waals surface area contributed by atoms with E-state index in [-0.39, 0.29) is 0 Å². The third-order valence-corrected chi connectivity index (χ3v) is 1.98. The molecule has 0 fully saturated rings. The zero-order valence-corrected chi connectivity index (χ0v) is 5.93. The fourth-order valence-electron chi connectivity index (χ4n) is 1.41. The normalized spacial score (nSPS) is 23.2. The van der Waals surface area contributed by atoms with Crippen molar-refractivity contribution >= 4 is 12.4 Å². The van der Waals surface area contributed by atoms with Gasteiger partial charge in [0.15, 0.2) is 6.21 Å². The van der Waals surface area contributed by atoms with Crippen molar-refractivity contribution in [3.63, 3.8) is 0 Å². The molecule has 2 rings (SSSR count). The van der Waals surface area contributed by atoms with Gasteiger partial charge in [0.25, 0.3) is 0 Å². The predicted molar refractivity (Wildman–Crippen MR) is 41.3 cm³/mol. The smallest absolute Gasteiger partial charge is 0.187 e. The van der Waals surface area contributed by atoms with E-state index >= 15 is 0 Å². The highest BCUT2D eigenvalue weighted by atomic mass is 14.8. The van der Waals surface area contributed by atoms with Crippen molar-refractivity contribution in [3.8, 4) is 0 Å². The highest BCUT2D eigenvalue weighted by Crippen LogP contribution is 2.17. The van der Waals surface area contributed by atoms with Crippen LogP contribution in [0, 0.1) is 0 Å². The molecule has 2 aliphatic heterocycles. The summed E-state index contributed by atoms with van der Waals surface area (Å²) in [6.45, 7) is 1.09. The topological polar surface area (TPSA) is 26.3 Å². The molecule has 0 saturated heterocycles. The Kier molecular flexibility index (Phi) is 1.38. The minimum Gasteiger partial charge on any atom is -0.255 e. The lowest BCUT2D eigenvalue weighted by Crippen LogP contribution is -2.70. The molecule has 0 amide bonds. The quantitative estimate of drug-likeness (QED) is 0.470. The summed E-state index contributed by atoms with van der Waals surface area (Å²) in [6.07, 6.45) is 7.56. The van der Waals surface area contributed by atoms with Crippen LogP contribution in [0.5, 0.6) is 0 Å². The Hall–Kier alpha value is -0.920. The van der Waals surface area contributed by atoms with E-state index in [9.17, 15) is 0 Å². The van der Waals surface area contributed by atoms with Crippen molar-refractivity contribution in [2.45, 2.75) is 19.3 Å². The summed E-state index contributed by atoms with van der Waals surface area (Å²) in [5, 5.41) is 0. The summed E-state index contributed by atoms with van der Waals surface area (Å²) >= 11 is 0. The Balaban J connectivity index is 2.32. The molecule has 0 saturated carbocycles. The van der Waals surface area contributed by atoms with Crippen LogP contribution in [0.1, 0.15) is 19.3 Å². The average molecular weight is 135 g/mol. The zero-order valence-electron chi connectivity index (χ0n) is 5.93. The number of nitrogens with one attached hydrogen (secondary N) is 1. The Morgan fingerprint density at radius 1 is 1.40 bits per heavy atom. The average Bonchev–Trinajstić information content (AvgIpc) is 2.05. The molecular weight excluding hydrogens is 124 g/mol. The van der Waals surface area contributed by atoms with Gasteiger partial charge in [0, 0.05) is 12.6 Å². The summed E-state index contributed by atoms with van der Waals surface area (Å²) in [4.78, 5) is 7.48. The maximum absolute atomic E-state index is 4.29. The molecule has 0 radical (unpaired) electrons. The summed E-state index contributed by atoms with van der Waals surface area (Å²) in [5.41, 5.74) is 2.71. The fourth-order valence-corrected chi connectivity index (χ4v) is 1.41. The second kappa shape index (κ2) is 2.37. The molecule has 0 aromatic heterocycles. The van der Waals surface area contributed by atoms with Gasteiger partial charge in [-0.3, -0.25) is 4.99 Å². The summed E-state index contributed by atoms with van der Waals surface area (Å²) in [7, 11) is 0. The van der Waals surface area contributed by atoms with Gasteiger partial charge < -0.3 is 0 Å². The molecule has 0 aromatic carbocycles. The highest BCUT2D eigenvalue weighted by Gasteiger charge is 2.13. The molecule has 0 bridgehead atoms. The van der Waals surface area contributed by atoms with Gasteiger partial charge in [-0.1, -0.05) is 0 Å². The van der Waals surface area contributed by atoms with E-state index in [2.05, 4.69) is 9.98 Å². The standard InChI is InChI=1S/C8H10N2/c1-2-7-3-5-9-6-8(7)10-4-1/h4,6H,1-3,5H2/p+1. The van der Waals surface area contributed by atoms with E-state index in [0.717, 1.165) is 13.0 Å². The molecular formula is C8H11N2+. The van der Waals surface area contributed by atoms with Crippen LogP contribution in [0.2, 0.25) is 0 Å². The Labute approximate surface area is 60.4 Å². The highest BCUT2D eigenvalue weighted by molar-refractivity contribution is 5.80. The molecule has 2 aliphatic rings. The third-order valence-electron chi connectivity index (χ3n) is 1.98. The lowest BCUT2D eigenvalue weighted by Gasteiger charge is -2.11. The second-order valence-corrected chi connectivity index (χ2v) is 2.69. The van der Waals surface area contributed by atoms with E-state index in [1.807, 2.05) is 12.4 Å². The monoisotopic (exact) mass is 135 g/mol. The number of hydrogen-bond acceptors (Lipinski definition) is 1. The fraction of sp³-hybridized carbons (Fsp3) is 0.500. The van der Waals surface area contributed by atoms with Crippen molar-refractivity contribution in [2.75, 3.05) is 6.54 Å². The Bertz CT molecular complexity index is 201. The zero-order chi connectivity index (χ0) is 6.81. The van der Waals surface area contributed by atoms with Crippen LogP contribution in [0.25, 0.3) is 0 Å². The summed E-state index contributed by atoms with van der Waals surface area (Å²) < 4.78 is 0. The van der Waals surface area contributed by atoms with Crippen molar-refractivity contribution < 1.29 is 4.99 Å². The first kappa shape index (κ1) is 5.83. The van der Waals surface area contributed by atoms with Crippen LogP contribution in [-0.2, 0) is 0 Å². The molecule has 0 aromatic rings. The number of nitrogens with zero attached hydrogens (tertiary/aromatic N) is 1. The lowest BCUT2D eigenvalue weighted by atomic mass is 10.0. The largest absolute Gasteiger partial charge is 0.255 e. The minimum absolute atomic E-state index is 1.09. The maximum Gasteiger partial charge on any atom is 0.187 e. The number of rotatable bonds is 0. The van der Waals surface area contributed by atoms with E-state index in [0.29, 0.717) is 0 Å². The third kappa shape index (κ3) is 0.897. The second-order valence-electron chi connectivity index (χ2n) is 2.69. The van der Waals surface area contributed by atoms with Crippen LogP contribution in [-0.4, -0.2) is 19.0 Å². The molecule has 0 unspecified atom stereocenters. The van der Waals surface area contributed by atoms with Crippen LogP contribution >= 0.6 is 0 Å². The van der Waals surface area contributed by atoms with E-state index in [1.54, 1.807) is 0 Å². The number of aliphatic imine (C=N–C) groups is 1.